The Labute approximate surface area is 320 Å². The van der Waals surface area contributed by atoms with Crippen LogP contribution in [0.1, 0.15) is 55.7 Å². The molecule has 6 rings (SSSR count). The van der Waals surface area contributed by atoms with Gasteiger partial charge in [-0.15, -0.1) is 0 Å². The molecule has 288 valence electrons. The summed E-state index contributed by atoms with van der Waals surface area (Å²) in [6.45, 7) is 6.76. The Kier molecular flexibility index (Phi) is 12.2. The normalized spacial score (nSPS) is 17.7. The third-order valence-electron chi connectivity index (χ3n) is 9.19. The van der Waals surface area contributed by atoms with Gasteiger partial charge in [0.2, 0.25) is 0 Å². The number of para-hydroxylation sites is 1. The summed E-state index contributed by atoms with van der Waals surface area (Å²) in [4.78, 5) is 41.0. The van der Waals surface area contributed by atoms with Crippen LogP contribution in [0.15, 0.2) is 125 Å². The van der Waals surface area contributed by atoms with Crippen LogP contribution in [0.5, 0.6) is 17.2 Å². The third kappa shape index (κ3) is 9.01. The highest BCUT2D eigenvalue weighted by molar-refractivity contribution is 7.42. The number of H-pyrrole nitrogens is 1. The van der Waals surface area contributed by atoms with Crippen molar-refractivity contribution in [1.29, 1.82) is 0 Å². The Morgan fingerprint density at radius 1 is 0.800 bits per heavy atom. The zero-order valence-electron chi connectivity index (χ0n) is 31.6. The Bertz CT molecular complexity index is 2100. The van der Waals surface area contributed by atoms with Crippen LogP contribution < -0.4 is 25.2 Å². The van der Waals surface area contributed by atoms with Crippen LogP contribution in [0.2, 0.25) is 0 Å². The van der Waals surface area contributed by atoms with E-state index in [0.717, 1.165) is 16.7 Å². The van der Waals surface area contributed by atoms with E-state index in [1.165, 1.54) is 10.8 Å². The van der Waals surface area contributed by atoms with E-state index < -0.39 is 55.3 Å². The lowest BCUT2D eigenvalue weighted by Crippen LogP contribution is -2.38. The number of ether oxygens (including phenoxy) is 4. The number of carbonyl (C=O) groups is 1. The summed E-state index contributed by atoms with van der Waals surface area (Å²) in [5.41, 5.74) is -0.411. The van der Waals surface area contributed by atoms with Crippen LogP contribution in [-0.2, 0) is 28.9 Å². The van der Waals surface area contributed by atoms with E-state index in [9.17, 15) is 14.4 Å². The minimum Gasteiger partial charge on any atom is -0.497 e. The maximum atomic E-state index is 13.2. The second kappa shape index (κ2) is 17.0. The van der Waals surface area contributed by atoms with Crippen molar-refractivity contribution in [2.24, 2.45) is 5.41 Å². The molecule has 1 aliphatic rings. The van der Waals surface area contributed by atoms with Crippen LogP contribution in [0, 0.1) is 12.3 Å². The molecule has 0 saturated carbocycles. The van der Waals surface area contributed by atoms with Gasteiger partial charge in [-0.05, 0) is 80.8 Å². The van der Waals surface area contributed by atoms with Gasteiger partial charge >= 0.3 is 20.3 Å². The molecule has 1 fully saturated rings. The Morgan fingerprint density at radius 3 is 1.89 bits per heavy atom. The molecule has 13 heteroatoms. The van der Waals surface area contributed by atoms with Gasteiger partial charge in [-0.25, -0.2) is 4.79 Å². The number of nitrogens with one attached hydrogen (secondary N) is 1. The fourth-order valence-corrected chi connectivity index (χ4v) is 7.43. The van der Waals surface area contributed by atoms with E-state index in [1.54, 1.807) is 66.2 Å². The number of methoxy groups -OCH3 is 2. The largest absolute Gasteiger partial charge is 0.497 e. The maximum absolute atomic E-state index is 13.2. The molecule has 1 unspecified atom stereocenters. The molecular weight excluding hydrogens is 723 g/mol. The molecule has 0 bridgehead atoms. The number of hydrogen-bond donors (Lipinski definition) is 1. The summed E-state index contributed by atoms with van der Waals surface area (Å²) in [5.74, 6) is 1.27. The number of hydrogen-bond acceptors (Lipinski definition) is 10. The Balaban J connectivity index is 1.42. The molecule has 0 spiro atoms. The SMILES string of the molecule is COc1ccc(C(OC[C@H]2O[C@@H](n3cc(C)c(=O)[nH]c3=O)C[C@@H]2OP(OC(=O)C(C)(C)C)Oc2ccccc2)(c2ccccc2)c2ccc(OC)cc2)cc1. The van der Waals surface area contributed by atoms with Crippen LogP contribution in [-0.4, -0.2) is 48.6 Å². The Hall–Kier alpha value is -5.26. The maximum Gasteiger partial charge on any atom is 0.465 e. The lowest BCUT2D eigenvalue weighted by Gasteiger charge is -2.37. The van der Waals surface area contributed by atoms with Crippen molar-refractivity contribution in [3.05, 3.63) is 158 Å². The number of nitrogens with zero attached hydrogens (tertiary/aromatic N) is 1. The van der Waals surface area contributed by atoms with Crippen molar-refractivity contribution in [1.82, 2.24) is 9.55 Å². The molecule has 5 aromatic rings. The van der Waals surface area contributed by atoms with Crippen LogP contribution in [0.25, 0.3) is 0 Å². The van der Waals surface area contributed by atoms with Crippen molar-refractivity contribution >= 4 is 14.6 Å². The topological polar surface area (TPSA) is 137 Å². The lowest BCUT2D eigenvalue weighted by molar-refractivity contribution is -0.144. The average Bonchev–Trinajstić information content (AvgIpc) is 3.59. The molecular formula is C42H45N2O10P. The Morgan fingerprint density at radius 2 is 1.35 bits per heavy atom. The fraction of sp³-hybridized carbons (Fsp3) is 0.310. The van der Waals surface area contributed by atoms with Gasteiger partial charge in [-0.2, -0.15) is 0 Å². The standard InChI is InChI=1S/C42H45N2O10P/c1-28-26-44(40(47)43-38(28)45)37-25-35(53-55(54-39(46)41(2,3)4)52-34-15-11-8-12-16-34)36(51-37)27-50-42(29-13-9-7-10-14-29,30-17-21-32(48-5)22-18-30)31-19-23-33(49-6)24-20-31/h7-24,26,35-37H,25,27H2,1-6H3,(H,43,45,47)/t35-,36+,37+,55?/m0/s1. The fourth-order valence-electron chi connectivity index (χ4n) is 6.16. The number of aryl methyl sites for hydroxylation is 1. The molecule has 12 nitrogen and oxygen atoms in total. The molecule has 55 heavy (non-hydrogen) atoms. The van der Waals surface area contributed by atoms with E-state index in [4.69, 9.17) is 32.5 Å². The number of benzene rings is 4. The summed E-state index contributed by atoms with van der Waals surface area (Å²) in [6.07, 6.45) is -0.930. The highest BCUT2D eigenvalue weighted by Gasteiger charge is 2.45. The van der Waals surface area contributed by atoms with Gasteiger partial charge < -0.3 is 28.0 Å². The van der Waals surface area contributed by atoms with Crippen molar-refractivity contribution in [2.45, 2.75) is 58.2 Å². The van der Waals surface area contributed by atoms with E-state index in [-0.39, 0.29) is 13.0 Å². The molecule has 2 heterocycles. The van der Waals surface area contributed by atoms with Gasteiger partial charge in [0.15, 0.2) is 0 Å². The van der Waals surface area contributed by atoms with E-state index in [1.807, 2.05) is 84.9 Å². The summed E-state index contributed by atoms with van der Waals surface area (Å²) < 4.78 is 44.7. The van der Waals surface area contributed by atoms with Crippen LogP contribution in [0.3, 0.4) is 0 Å². The first-order valence-corrected chi connectivity index (χ1v) is 18.9. The van der Waals surface area contributed by atoms with Crippen LogP contribution >= 0.6 is 8.60 Å². The van der Waals surface area contributed by atoms with E-state index in [0.29, 0.717) is 22.8 Å². The molecule has 0 aliphatic carbocycles. The second-order valence-electron chi connectivity index (χ2n) is 14.1. The summed E-state index contributed by atoms with van der Waals surface area (Å²) in [5, 5.41) is 0. The third-order valence-corrected chi connectivity index (χ3v) is 10.3. The zero-order chi connectivity index (χ0) is 39.2. The van der Waals surface area contributed by atoms with E-state index >= 15 is 0 Å². The van der Waals surface area contributed by atoms with Crippen molar-refractivity contribution in [3.8, 4) is 17.2 Å². The average molecular weight is 769 g/mol. The van der Waals surface area contributed by atoms with Crippen molar-refractivity contribution in [2.75, 3.05) is 20.8 Å². The molecule has 1 N–H and O–H groups in total. The first-order valence-electron chi connectivity index (χ1n) is 17.8. The van der Waals surface area contributed by atoms with Crippen molar-refractivity contribution in [3.63, 3.8) is 0 Å². The number of aromatic nitrogens is 2. The minimum atomic E-state index is -2.32. The number of carbonyl (C=O) groups excluding carboxylic acids is 1. The molecule has 0 amide bonds. The van der Waals surface area contributed by atoms with Crippen LogP contribution in [0.4, 0.5) is 0 Å². The predicted molar refractivity (Wildman–Crippen MR) is 207 cm³/mol. The summed E-state index contributed by atoms with van der Waals surface area (Å²) >= 11 is 0. The smallest absolute Gasteiger partial charge is 0.465 e. The molecule has 4 atom stereocenters. The zero-order valence-corrected chi connectivity index (χ0v) is 32.5. The highest BCUT2D eigenvalue weighted by Crippen LogP contribution is 2.48. The second-order valence-corrected chi connectivity index (χ2v) is 15.1. The number of aromatic amines is 1. The molecule has 1 saturated heterocycles. The van der Waals surface area contributed by atoms with Gasteiger partial charge in [0.05, 0.1) is 26.2 Å². The van der Waals surface area contributed by atoms with Gasteiger partial charge in [0.25, 0.3) is 5.56 Å². The summed E-state index contributed by atoms with van der Waals surface area (Å²) in [6, 6.07) is 34.0. The van der Waals surface area contributed by atoms with Gasteiger partial charge in [0, 0.05) is 18.2 Å². The van der Waals surface area contributed by atoms with Crippen molar-refractivity contribution < 1.29 is 37.3 Å². The van der Waals surface area contributed by atoms with E-state index in [2.05, 4.69) is 4.98 Å². The molecule has 1 aliphatic heterocycles. The molecule has 4 aromatic carbocycles. The van der Waals surface area contributed by atoms with Gasteiger partial charge in [-0.3, -0.25) is 23.7 Å². The monoisotopic (exact) mass is 768 g/mol. The summed E-state index contributed by atoms with van der Waals surface area (Å²) in [7, 11) is 0.893. The molecule has 1 aromatic heterocycles. The first kappa shape index (κ1) is 39.4. The van der Waals surface area contributed by atoms with Gasteiger partial charge in [-0.1, -0.05) is 72.8 Å². The first-order chi connectivity index (χ1) is 26.4. The number of rotatable bonds is 14. The highest BCUT2D eigenvalue weighted by atomic mass is 31.2. The van der Waals surface area contributed by atoms with Gasteiger partial charge in [0.1, 0.15) is 41.3 Å². The molecule has 0 radical (unpaired) electrons. The quantitative estimate of drug-likeness (QED) is 0.0897. The predicted octanol–water partition coefficient (Wildman–Crippen LogP) is 7.44. The minimum absolute atomic E-state index is 0.0626. The lowest BCUT2D eigenvalue weighted by atomic mass is 9.80.